The topological polar surface area (TPSA) is 17.1 Å². The Hall–Kier alpha value is -0.590. The lowest BCUT2D eigenvalue weighted by atomic mass is 9.77. The van der Waals surface area contributed by atoms with E-state index < -0.39 is 0 Å². The third-order valence-electron chi connectivity index (χ3n) is 2.26. The van der Waals surface area contributed by atoms with Crippen LogP contribution >= 0.6 is 0 Å². The Balaban J connectivity index is 2.75. The summed E-state index contributed by atoms with van der Waals surface area (Å²) in [6.45, 7) is 6.27. The highest BCUT2D eigenvalue weighted by Crippen LogP contribution is 2.30. The zero-order chi connectivity index (χ0) is 8.48. The molecule has 0 aromatic rings. The highest BCUT2D eigenvalue weighted by Gasteiger charge is 2.27. The minimum atomic E-state index is 0.1000. The summed E-state index contributed by atoms with van der Waals surface area (Å²) in [7, 11) is 0. The summed E-state index contributed by atoms with van der Waals surface area (Å²) >= 11 is 0. The summed E-state index contributed by atoms with van der Waals surface area (Å²) < 4.78 is 0. The molecule has 0 aromatic carbocycles. The van der Waals surface area contributed by atoms with Crippen molar-refractivity contribution in [3.63, 3.8) is 0 Å². The predicted octanol–water partition coefficient (Wildman–Crippen LogP) is 2.57. The first-order chi connectivity index (χ1) is 5.05. The number of hydrogen-bond acceptors (Lipinski definition) is 1. The van der Waals surface area contributed by atoms with Gasteiger partial charge in [-0.3, -0.25) is 4.79 Å². The van der Waals surface area contributed by atoms with Crippen molar-refractivity contribution in [1.82, 2.24) is 0 Å². The monoisotopic (exact) mass is 152 g/mol. The fourth-order valence-corrected chi connectivity index (χ4v) is 1.49. The molecule has 1 unspecified atom stereocenters. The Labute approximate surface area is 68.5 Å². The Kier molecular flexibility index (Phi) is 2.17. The summed E-state index contributed by atoms with van der Waals surface area (Å²) in [6.07, 6.45) is 5.89. The molecule has 1 nitrogen and oxygen atoms in total. The van der Waals surface area contributed by atoms with Gasteiger partial charge in [-0.25, -0.2) is 0 Å². The number of ketones is 1. The Morgan fingerprint density at radius 3 is 2.73 bits per heavy atom. The molecule has 0 aliphatic heterocycles. The van der Waals surface area contributed by atoms with Crippen LogP contribution in [0.4, 0.5) is 0 Å². The van der Waals surface area contributed by atoms with Gasteiger partial charge >= 0.3 is 0 Å². The molecule has 1 aliphatic rings. The molecule has 1 atom stereocenters. The Morgan fingerprint density at radius 1 is 1.64 bits per heavy atom. The van der Waals surface area contributed by atoms with Crippen molar-refractivity contribution in [1.29, 1.82) is 0 Å². The largest absolute Gasteiger partial charge is 0.299 e. The molecule has 0 N–H and O–H groups in total. The van der Waals surface area contributed by atoms with E-state index in [0.717, 1.165) is 6.42 Å². The van der Waals surface area contributed by atoms with Crippen LogP contribution < -0.4 is 0 Å². The standard InChI is InChI=1S/C10H16O/c1-4-8-5-6-10(2,3)7-9(8)11/h5-6,8H,4,7H2,1-3H3. The maximum absolute atomic E-state index is 11.4. The molecular formula is C10H16O. The molecule has 0 bridgehead atoms. The molecule has 1 heteroatoms. The third kappa shape index (κ3) is 1.92. The van der Waals surface area contributed by atoms with Crippen molar-refractivity contribution in [3.8, 4) is 0 Å². The average Bonchev–Trinajstić information content (AvgIpc) is 1.86. The molecule has 0 saturated heterocycles. The zero-order valence-corrected chi connectivity index (χ0v) is 7.55. The number of rotatable bonds is 1. The van der Waals surface area contributed by atoms with Gasteiger partial charge in [0, 0.05) is 12.3 Å². The van der Waals surface area contributed by atoms with Crippen LogP contribution in [0.3, 0.4) is 0 Å². The van der Waals surface area contributed by atoms with Gasteiger partial charge in [0.1, 0.15) is 5.78 Å². The summed E-state index contributed by atoms with van der Waals surface area (Å²) in [5, 5.41) is 0. The van der Waals surface area contributed by atoms with Gasteiger partial charge in [0.05, 0.1) is 0 Å². The van der Waals surface area contributed by atoms with Gasteiger partial charge in [-0.05, 0) is 11.8 Å². The van der Waals surface area contributed by atoms with Crippen molar-refractivity contribution < 1.29 is 4.79 Å². The number of hydrogen-bond donors (Lipinski definition) is 0. The number of Topliss-reactive ketones (excluding diaryl/α,β-unsaturated/α-hetero) is 1. The normalized spacial score (nSPS) is 29.0. The molecule has 0 spiro atoms. The average molecular weight is 152 g/mol. The molecule has 0 saturated carbocycles. The van der Waals surface area contributed by atoms with Gasteiger partial charge in [0.2, 0.25) is 0 Å². The summed E-state index contributed by atoms with van der Waals surface area (Å²) in [5.74, 6) is 0.600. The quantitative estimate of drug-likeness (QED) is 0.528. The Bertz CT molecular complexity index is 189. The first-order valence-electron chi connectivity index (χ1n) is 4.27. The second kappa shape index (κ2) is 2.80. The maximum Gasteiger partial charge on any atom is 0.140 e. The molecule has 1 aliphatic carbocycles. The van der Waals surface area contributed by atoms with E-state index in [2.05, 4.69) is 32.9 Å². The fourth-order valence-electron chi connectivity index (χ4n) is 1.49. The molecule has 62 valence electrons. The van der Waals surface area contributed by atoms with Gasteiger partial charge < -0.3 is 0 Å². The third-order valence-corrected chi connectivity index (χ3v) is 2.26. The van der Waals surface area contributed by atoms with E-state index in [9.17, 15) is 4.79 Å². The highest BCUT2D eigenvalue weighted by molar-refractivity contribution is 5.84. The van der Waals surface area contributed by atoms with Crippen LogP contribution in [0.1, 0.15) is 33.6 Å². The van der Waals surface area contributed by atoms with Crippen LogP contribution in [0.2, 0.25) is 0 Å². The molecule has 0 aromatic heterocycles. The first kappa shape index (κ1) is 8.51. The van der Waals surface area contributed by atoms with Crippen LogP contribution in [0.15, 0.2) is 12.2 Å². The van der Waals surface area contributed by atoms with E-state index >= 15 is 0 Å². The summed E-state index contributed by atoms with van der Waals surface area (Å²) in [5.41, 5.74) is 0.1000. The lowest BCUT2D eigenvalue weighted by Gasteiger charge is -2.26. The van der Waals surface area contributed by atoms with Crippen LogP contribution in [0.25, 0.3) is 0 Å². The summed E-state index contributed by atoms with van der Waals surface area (Å²) in [4.78, 5) is 11.4. The Morgan fingerprint density at radius 2 is 2.27 bits per heavy atom. The van der Waals surface area contributed by atoms with E-state index in [-0.39, 0.29) is 11.3 Å². The number of carbonyl (C=O) groups excluding carboxylic acids is 1. The minimum Gasteiger partial charge on any atom is -0.299 e. The van der Waals surface area contributed by atoms with E-state index in [4.69, 9.17) is 0 Å². The van der Waals surface area contributed by atoms with E-state index in [1.54, 1.807) is 0 Å². The van der Waals surface area contributed by atoms with Gasteiger partial charge in [-0.15, -0.1) is 0 Å². The molecule has 0 heterocycles. The fraction of sp³-hybridized carbons (Fsp3) is 0.700. The molecule has 1 rings (SSSR count). The zero-order valence-electron chi connectivity index (χ0n) is 7.55. The second-order valence-electron chi connectivity index (χ2n) is 4.01. The van der Waals surface area contributed by atoms with Crippen LogP contribution in [0, 0.1) is 11.3 Å². The van der Waals surface area contributed by atoms with Gasteiger partial charge in [-0.1, -0.05) is 32.9 Å². The maximum atomic E-state index is 11.4. The van der Waals surface area contributed by atoms with Crippen LogP contribution in [-0.4, -0.2) is 5.78 Å². The van der Waals surface area contributed by atoms with Crippen LogP contribution in [0.5, 0.6) is 0 Å². The van der Waals surface area contributed by atoms with Gasteiger partial charge in [0.15, 0.2) is 0 Å². The molecular weight excluding hydrogens is 136 g/mol. The van der Waals surface area contributed by atoms with Crippen molar-refractivity contribution in [2.75, 3.05) is 0 Å². The second-order valence-corrected chi connectivity index (χ2v) is 4.01. The SMILES string of the molecule is CCC1C=CC(C)(C)CC1=O. The summed E-state index contributed by atoms with van der Waals surface area (Å²) in [6, 6.07) is 0. The predicted molar refractivity (Wildman–Crippen MR) is 46.3 cm³/mol. The van der Waals surface area contributed by atoms with Crippen LogP contribution in [-0.2, 0) is 4.79 Å². The molecule has 0 radical (unpaired) electrons. The van der Waals surface area contributed by atoms with Gasteiger partial charge in [0.25, 0.3) is 0 Å². The van der Waals surface area contributed by atoms with Gasteiger partial charge in [-0.2, -0.15) is 0 Å². The first-order valence-corrected chi connectivity index (χ1v) is 4.27. The lowest BCUT2D eigenvalue weighted by molar-refractivity contribution is -0.123. The highest BCUT2D eigenvalue weighted by atomic mass is 16.1. The number of carbonyl (C=O) groups is 1. The molecule has 11 heavy (non-hydrogen) atoms. The van der Waals surface area contributed by atoms with E-state index in [1.807, 2.05) is 0 Å². The van der Waals surface area contributed by atoms with E-state index in [0.29, 0.717) is 12.2 Å². The van der Waals surface area contributed by atoms with Crippen molar-refractivity contribution in [2.24, 2.45) is 11.3 Å². The molecule has 0 fully saturated rings. The number of allylic oxidation sites excluding steroid dienone is 2. The van der Waals surface area contributed by atoms with Crippen molar-refractivity contribution in [2.45, 2.75) is 33.6 Å². The van der Waals surface area contributed by atoms with Crippen molar-refractivity contribution in [3.05, 3.63) is 12.2 Å². The van der Waals surface area contributed by atoms with Crippen molar-refractivity contribution >= 4 is 5.78 Å². The van der Waals surface area contributed by atoms with E-state index in [1.165, 1.54) is 0 Å². The lowest BCUT2D eigenvalue weighted by Crippen LogP contribution is -2.24. The minimum absolute atomic E-state index is 0.1000. The smallest absolute Gasteiger partial charge is 0.140 e. The molecule has 0 amide bonds.